The second-order valence-corrected chi connectivity index (χ2v) is 8.65. The molecule has 0 bridgehead atoms. The summed E-state index contributed by atoms with van der Waals surface area (Å²) in [7, 11) is 0. The molecule has 1 atom stereocenters. The summed E-state index contributed by atoms with van der Waals surface area (Å²) in [6.07, 6.45) is 4.37. The first kappa shape index (κ1) is 19.5. The van der Waals surface area contributed by atoms with Crippen LogP contribution < -0.4 is 4.90 Å². The number of hydrogen-bond acceptors (Lipinski definition) is 5. The maximum Gasteiger partial charge on any atom is 0.240 e. The number of nitrogens with zero attached hydrogens (tertiary/aromatic N) is 5. The van der Waals surface area contributed by atoms with Gasteiger partial charge in [0.05, 0.1) is 5.25 Å². The largest absolute Gasteiger partial charge is 0.311 e. The summed E-state index contributed by atoms with van der Waals surface area (Å²) in [6.45, 7) is 2.65. The van der Waals surface area contributed by atoms with E-state index < -0.39 is 0 Å². The van der Waals surface area contributed by atoms with E-state index in [1.807, 2.05) is 77.1 Å². The Morgan fingerprint density at radius 1 is 0.968 bits per heavy atom. The highest BCUT2D eigenvalue weighted by Crippen LogP contribution is 2.33. The van der Waals surface area contributed by atoms with Crippen LogP contribution in [0, 0.1) is 0 Å². The first-order valence-electron chi connectivity index (χ1n) is 10.2. The van der Waals surface area contributed by atoms with Gasteiger partial charge in [-0.2, -0.15) is 0 Å². The molecule has 0 fully saturated rings. The van der Waals surface area contributed by atoms with Crippen LogP contribution >= 0.6 is 11.8 Å². The van der Waals surface area contributed by atoms with Gasteiger partial charge in [0.2, 0.25) is 5.91 Å². The molecule has 0 aliphatic carbocycles. The van der Waals surface area contributed by atoms with Crippen LogP contribution in [0.15, 0.2) is 84.3 Å². The van der Waals surface area contributed by atoms with Crippen LogP contribution in [-0.4, -0.2) is 37.5 Å². The highest BCUT2D eigenvalue weighted by molar-refractivity contribution is 8.00. The molecular weight excluding hydrogens is 406 g/mol. The van der Waals surface area contributed by atoms with Crippen LogP contribution in [0.3, 0.4) is 0 Å². The molecule has 4 aromatic rings. The molecule has 0 unspecified atom stereocenters. The van der Waals surface area contributed by atoms with Crippen LogP contribution in [0.25, 0.3) is 17.1 Å². The molecular formula is C24H21N5OS. The lowest BCUT2D eigenvalue weighted by Gasteiger charge is -2.21. The predicted octanol–water partition coefficient (Wildman–Crippen LogP) is 4.40. The number of benzene rings is 2. The summed E-state index contributed by atoms with van der Waals surface area (Å²) in [5, 5.41) is 9.28. The van der Waals surface area contributed by atoms with E-state index in [2.05, 4.69) is 21.2 Å². The van der Waals surface area contributed by atoms with Gasteiger partial charge >= 0.3 is 0 Å². The van der Waals surface area contributed by atoms with Gasteiger partial charge in [-0.15, -0.1) is 10.2 Å². The molecule has 3 heterocycles. The van der Waals surface area contributed by atoms with Crippen LogP contribution in [0.5, 0.6) is 0 Å². The van der Waals surface area contributed by atoms with Crippen molar-refractivity contribution in [2.24, 2.45) is 0 Å². The number of para-hydroxylation sites is 2. The molecule has 1 aliphatic heterocycles. The highest BCUT2D eigenvalue weighted by Gasteiger charge is 2.30. The zero-order valence-corrected chi connectivity index (χ0v) is 17.9. The quantitative estimate of drug-likeness (QED) is 0.442. The first-order chi connectivity index (χ1) is 15.2. The summed E-state index contributed by atoms with van der Waals surface area (Å²) in [5.41, 5.74) is 4.11. The van der Waals surface area contributed by atoms with E-state index in [9.17, 15) is 4.79 Å². The van der Waals surface area contributed by atoms with E-state index in [0.717, 1.165) is 35.7 Å². The maximum absolute atomic E-state index is 13.3. The number of amides is 1. The molecule has 2 aromatic carbocycles. The predicted molar refractivity (Wildman–Crippen MR) is 122 cm³/mol. The normalized spacial score (nSPS) is 13.8. The number of aromatic nitrogens is 4. The van der Waals surface area contributed by atoms with E-state index in [4.69, 9.17) is 0 Å². The second-order valence-electron chi connectivity index (χ2n) is 7.34. The average molecular weight is 428 g/mol. The number of rotatable bonds is 5. The van der Waals surface area contributed by atoms with Gasteiger partial charge in [-0.3, -0.25) is 14.3 Å². The molecule has 1 amide bonds. The summed E-state index contributed by atoms with van der Waals surface area (Å²) < 4.78 is 2.00. The van der Waals surface area contributed by atoms with Crippen molar-refractivity contribution >= 4 is 23.4 Å². The topological polar surface area (TPSA) is 63.9 Å². The summed E-state index contributed by atoms with van der Waals surface area (Å²) in [6, 6.07) is 21.9. The molecule has 2 aromatic heterocycles. The molecule has 6 nitrogen and oxygen atoms in total. The first-order valence-corrected chi connectivity index (χ1v) is 11.1. The van der Waals surface area contributed by atoms with Crippen molar-refractivity contribution in [3.05, 3.63) is 84.7 Å². The third-order valence-corrected chi connectivity index (χ3v) is 6.40. The van der Waals surface area contributed by atoms with Gasteiger partial charge in [-0.05, 0) is 49.2 Å². The molecule has 31 heavy (non-hydrogen) atoms. The van der Waals surface area contributed by atoms with Gasteiger partial charge in [0.25, 0.3) is 0 Å². The van der Waals surface area contributed by atoms with Crippen LogP contribution in [0.2, 0.25) is 0 Å². The van der Waals surface area contributed by atoms with E-state index in [0.29, 0.717) is 5.16 Å². The van der Waals surface area contributed by atoms with E-state index >= 15 is 0 Å². The minimum Gasteiger partial charge on any atom is -0.311 e. The Balaban J connectivity index is 1.47. The lowest BCUT2D eigenvalue weighted by Crippen LogP contribution is -2.35. The smallest absolute Gasteiger partial charge is 0.240 e. The number of fused-ring (bicyclic) bond motifs is 1. The molecule has 154 valence electrons. The molecule has 1 aliphatic rings. The lowest BCUT2D eigenvalue weighted by atomic mass is 10.2. The fraction of sp³-hybridized carbons (Fsp3) is 0.167. The minimum atomic E-state index is -0.303. The van der Waals surface area contributed by atoms with Gasteiger partial charge < -0.3 is 4.90 Å². The van der Waals surface area contributed by atoms with Crippen molar-refractivity contribution in [2.75, 3.05) is 11.4 Å². The lowest BCUT2D eigenvalue weighted by molar-refractivity contribution is -0.117. The van der Waals surface area contributed by atoms with Crippen molar-refractivity contribution < 1.29 is 4.79 Å². The second kappa shape index (κ2) is 8.35. The van der Waals surface area contributed by atoms with E-state index in [-0.39, 0.29) is 11.2 Å². The number of hydrogen-bond donors (Lipinski definition) is 0. The van der Waals surface area contributed by atoms with Crippen LogP contribution in [0.1, 0.15) is 12.5 Å². The van der Waals surface area contributed by atoms with Gasteiger partial charge in [0.1, 0.15) is 0 Å². The molecule has 7 heteroatoms. The van der Waals surface area contributed by atoms with Gasteiger partial charge in [0, 0.05) is 35.9 Å². The third kappa shape index (κ3) is 3.72. The van der Waals surface area contributed by atoms with Gasteiger partial charge in [-0.1, -0.05) is 48.2 Å². The standard InChI is InChI=1S/C24H21N5OS/c1-17(23(30)28-16-13-18-7-5-6-10-21(18)28)31-24-27-26-22(19-11-14-25-15-12-19)29(24)20-8-3-2-4-9-20/h2-12,14-15,17H,13,16H2,1H3/t17-/m0/s1. The molecule has 5 rings (SSSR count). The van der Waals surface area contributed by atoms with Crippen molar-refractivity contribution in [2.45, 2.75) is 23.8 Å². The van der Waals surface area contributed by atoms with Gasteiger partial charge in [-0.25, -0.2) is 0 Å². The molecule has 0 N–H and O–H groups in total. The molecule has 0 radical (unpaired) electrons. The van der Waals surface area contributed by atoms with Crippen molar-refractivity contribution in [1.82, 2.24) is 19.7 Å². The van der Waals surface area contributed by atoms with E-state index in [1.54, 1.807) is 12.4 Å². The Morgan fingerprint density at radius 3 is 2.52 bits per heavy atom. The zero-order chi connectivity index (χ0) is 21.2. The van der Waals surface area contributed by atoms with Crippen molar-refractivity contribution in [1.29, 1.82) is 0 Å². The maximum atomic E-state index is 13.3. The number of thioether (sulfide) groups is 1. The minimum absolute atomic E-state index is 0.0861. The summed E-state index contributed by atoms with van der Waals surface area (Å²) >= 11 is 1.43. The number of anilines is 1. The SMILES string of the molecule is C[C@H](Sc1nnc(-c2ccncc2)n1-c1ccccc1)C(=O)N1CCc2ccccc21. The average Bonchev–Trinajstić information content (AvgIpc) is 3.44. The number of carbonyl (C=O) groups is 1. The highest BCUT2D eigenvalue weighted by atomic mass is 32.2. The van der Waals surface area contributed by atoms with Gasteiger partial charge in [0.15, 0.2) is 11.0 Å². The van der Waals surface area contributed by atoms with E-state index in [1.165, 1.54) is 17.3 Å². The number of carbonyl (C=O) groups excluding carboxylic acids is 1. The fourth-order valence-electron chi connectivity index (χ4n) is 3.84. The number of pyridine rings is 1. The molecule has 0 saturated carbocycles. The third-order valence-electron chi connectivity index (χ3n) is 5.37. The fourth-order valence-corrected chi connectivity index (χ4v) is 4.77. The zero-order valence-electron chi connectivity index (χ0n) is 17.0. The summed E-state index contributed by atoms with van der Waals surface area (Å²) in [5.74, 6) is 0.810. The van der Waals surface area contributed by atoms with Crippen LogP contribution in [0.4, 0.5) is 5.69 Å². The van der Waals surface area contributed by atoms with Crippen molar-refractivity contribution in [3.8, 4) is 17.1 Å². The Labute approximate surface area is 185 Å². The van der Waals surface area contributed by atoms with Crippen molar-refractivity contribution in [3.63, 3.8) is 0 Å². The molecule has 0 saturated heterocycles. The van der Waals surface area contributed by atoms with Crippen LogP contribution in [-0.2, 0) is 11.2 Å². The Bertz CT molecular complexity index is 1210. The molecule has 0 spiro atoms. The Morgan fingerprint density at radius 2 is 1.71 bits per heavy atom. The Kier molecular flexibility index (Phi) is 5.26. The monoisotopic (exact) mass is 427 g/mol. The Hall–Kier alpha value is -3.45. The summed E-state index contributed by atoms with van der Waals surface area (Å²) in [4.78, 5) is 19.3.